The molecule has 1 aliphatic rings. The summed E-state index contributed by atoms with van der Waals surface area (Å²) >= 11 is 6.06. The van der Waals surface area contributed by atoms with Crippen molar-refractivity contribution in [2.75, 3.05) is 13.2 Å². The van der Waals surface area contributed by atoms with Crippen LogP contribution in [0.2, 0.25) is 5.02 Å². The van der Waals surface area contributed by atoms with Crippen LogP contribution in [-0.2, 0) is 6.54 Å². The first-order valence-electron chi connectivity index (χ1n) is 5.95. The Bertz CT molecular complexity index is 458. The van der Waals surface area contributed by atoms with Crippen LogP contribution in [0.4, 0.5) is 0 Å². The van der Waals surface area contributed by atoms with Gasteiger partial charge in [-0.05, 0) is 18.6 Å². The van der Waals surface area contributed by atoms with Gasteiger partial charge in [-0.2, -0.15) is 0 Å². The van der Waals surface area contributed by atoms with Crippen LogP contribution in [0.15, 0.2) is 28.3 Å². The number of aromatic nitrogens is 1. The van der Waals surface area contributed by atoms with Gasteiger partial charge in [-0.25, -0.2) is 9.98 Å². The molecule has 1 aliphatic heterocycles. The molecular formula is C12H16ClN5. The SMILES string of the molecule is CCCNC1=NCN(Cc2ncccc2Cl)C=N1. The van der Waals surface area contributed by atoms with E-state index in [0.29, 0.717) is 24.2 Å². The second kappa shape index (κ2) is 6.35. The summed E-state index contributed by atoms with van der Waals surface area (Å²) in [5.74, 6) is 0.695. The summed E-state index contributed by atoms with van der Waals surface area (Å²) in [6.07, 6.45) is 4.57. The Morgan fingerprint density at radius 2 is 2.39 bits per heavy atom. The molecule has 1 N–H and O–H groups in total. The van der Waals surface area contributed by atoms with Crippen LogP contribution in [-0.4, -0.2) is 35.4 Å². The number of aliphatic imine (C=N–C) groups is 2. The highest BCUT2D eigenvalue weighted by Crippen LogP contribution is 2.14. The summed E-state index contributed by atoms with van der Waals surface area (Å²) in [6.45, 7) is 4.19. The quantitative estimate of drug-likeness (QED) is 0.905. The van der Waals surface area contributed by atoms with Gasteiger partial charge in [0.1, 0.15) is 6.67 Å². The van der Waals surface area contributed by atoms with Gasteiger partial charge in [0.25, 0.3) is 0 Å². The van der Waals surface area contributed by atoms with Gasteiger partial charge in [0.2, 0.25) is 5.96 Å². The topological polar surface area (TPSA) is 52.9 Å². The fourth-order valence-corrected chi connectivity index (χ4v) is 1.71. The summed E-state index contributed by atoms with van der Waals surface area (Å²) in [6, 6.07) is 3.66. The molecule has 0 spiro atoms. The average molecular weight is 266 g/mol. The van der Waals surface area contributed by atoms with Crippen molar-refractivity contribution in [3.05, 3.63) is 29.0 Å². The zero-order valence-corrected chi connectivity index (χ0v) is 11.1. The maximum absolute atomic E-state index is 6.06. The molecule has 5 nitrogen and oxygen atoms in total. The summed E-state index contributed by atoms with van der Waals surface area (Å²) in [4.78, 5) is 14.8. The van der Waals surface area contributed by atoms with Gasteiger partial charge in [0.15, 0.2) is 0 Å². The van der Waals surface area contributed by atoms with Crippen molar-refractivity contribution >= 4 is 23.9 Å². The normalized spacial score (nSPS) is 14.6. The molecule has 1 aromatic rings. The van der Waals surface area contributed by atoms with Crippen molar-refractivity contribution < 1.29 is 0 Å². The molecule has 1 aromatic heterocycles. The van der Waals surface area contributed by atoms with Gasteiger partial charge in [-0.3, -0.25) is 4.98 Å². The molecule has 0 unspecified atom stereocenters. The minimum atomic E-state index is 0.572. The third-order valence-corrected chi connectivity index (χ3v) is 2.81. The molecule has 0 saturated heterocycles. The number of hydrogen-bond donors (Lipinski definition) is 1. The molecule has 2 heterocycles. The largest absolute Gasteiger partial charge is 0.354 e. The van der Waals surface area contributed by atoms with E-state index in [1.807, 2.05) is 17.0 Å². The third kappa shape index (κ3) is 3.43. The van der Waals surface area contributed by atoms with Crippen LogP contribution in [0.25, 0.3) is 0 Å². The molecule has 0 aromatic carbocycles. The van der Waals surface area contributed by atoms with E-state index in [-0.39, 0.29) is 0 Å². The number of nitrogens with one attached hydrogen (secondary N) is 1. The van der Waals surface area contributed by atoms with Gasteiger partial charge >= 0.3 is 0 Å². The van der Waals surface area contributed by atoms with Crippen molar-refractivity contribution in [1.82, 2.24) is 15.2 Å². The minimum Gasteiger partial charge on any atom is -0.354 e. The fourth-order valence-electron chi connectivity index (χ4n) is 1.53. The van der Waals surface area contributed by atoms with Crippen LogP contribution in [0.1, 0.15) is 19.0 Å². The molecule has 0 radical (unpaired) electrons. The average Bonchev–Trinajstić information content (AvgIpc) is 2.41. The number of rotatable bonds is 4. The molecule has 2 rings (SSSR count). The highest BCUT2D eigenvalue weighted by molar-refractivity contribution is 6.31. The Morgan fingerprint density at radius 3 is 3.06 bits per heavy atom. The van der Waals surface area contributed by atoms with Gasteiger partial charge in [-0.1, -0.05) is 18.5 Å². The maximum atomic E-state index is 6.06. The van der Waals surface area contributed by atoms with Crippen LogP contribution >= 0.6 is 11.6 Å². The molecule has 0 aliphatic carbocycles. The highest BCUT2D eigenvalue weighted by atomic mass is 35.5. The van der Waals surface area contributed by atoms with Crippen LogP contribution < -0.4 is 5.32 Å². The fraction of sp³-hybridized carbons (Fsp3) is 0.417. The zero-order chi connectivity index (χ0) is 12.8. The van der Waals surface area contributed by atoms with Crippen molar-refractivity contribution in [3.63, 3.8) is 0 Å². The standard InChI is InChI=1S/C12H16ClN5/c1-2-5-15-12-16-8-18(9-17-12)7-11-10(13)4-3-6-14-11/h3-4,6,8H,2,5,7,9H2,1H3,(H,15,17). The summed E-state index contributed by atoms with van der Waals surface area (Å²) in [5.41, 5.74) is 0.839. The van der Waals surface area contributed by atoms with Gasteiger partial charge < -0.3 is 10.2 Å². The number of halogens is 1. The number of guanidine groups is 1. The lowest BCUT2D eigenvalue weighted by atomic mass is 10.3. The molecular weight excluding hydrogens is 250 g/mol. The number of nitrogens with zero attached hydrogens (tertiary/aromatic N) is 4. The predicted molar refractivity (Wildman–Crippen MR) is 73.9 cm³/mol. The lowest BCUT2D eigenvalue weighted by molar-refractivity contribution is 0.427. The van der Waals surface area contributed by atoms with Crippen molar-refractivity contribution in [3.8, 4) is 0 Å². The Morgan fingerprint density at radius 1 is 1.50 bits per heavy atom. The minimum absolute atomic E-state index is 0.572. The Hall–Kier alpha value is -1.62. The lowest BCUT2D eigenvalue weighted by Crippen LogP contribution is -2.32. The summed E-state index contributed by atoms with van der Waals surface area (Å²) in [7, 11) is 0. The Kier molecular flexibility index (Phi) is 4.52. The van der Waals surface area contributed by atoms with Crippen molar-refractivity contribution in [1.29, 1.82) is 0 Å². The number of hydrogen-bond acceptors (Lipinski definition) is 5. The molecule has 0 atom stereocenters. The zero-order valence-electron chi connectivity index (χ0n) is 10.3. The monoisotopic (exact) mass is 265 g/mol. The van der Waals surface area contributed by atoms with Gasteiger partial charge in [-0.15, -0.1) is 0 Å². The Labute approximate surface area is 112 Å². The van der Waals surface area contributed by atoms with Crippen LogP contribution in [0, 0.1) is 0 Å². The van der Waals surface area contributed by atoms with Gasteiger partial charge in [0.05, 0.1) is 23.6 Å². The third-order valence-electron chi connectivity index (χ3n) is 2.47. The second-order valence-electron chi connectivity index (χ2n) is 3.97. The van der Waals surface area contributed by atoms with Crippen LogP contribution in [0.5, 0.6) is 0 Å². The van der Waals surface area contributed by atoms with E-state index in [1.54, 1.807) is 12.5 Å². The molecule has 96 valence electrons. The van der Waals surface area contributed by atoms with E-state index in [0.717, 1.165) is 18.7 Å². The smallest absolute Gasteiger partial charge is 0.221 e. The first kappa shape index (κ1) is 12.8. The van der Waals surface area contributed by atoms with E-state index in [9.17, 15) is 0 Å². The van der Waals surface area contributed by atoms with E-state index in [2.05, 4.69) is 27.2 Å². The van der Waals surface area contributed by atoms with Crippen LogP contribution in [0.3, 0.4) is 0 Å². The van der Waals surface area contributed by atoms with Crippen molar-refractivity contribution in [2.24, 2.45) is 9.98 Å². The highest BCUT2D eigenvalue weighted by Gasteiger charge is 2.09. The first-order chi connectivity index (χ1) is 8.79. The van der Waals surface area contributed by atoms with E-state index in [4.69, 9.17) is 11.6 Å². The summed E-state index contributed by atoms with van der Waals surface area (Å²) in [5, 5.41) is 3.82. The van der Waals surface area contributed by atoms with Crippen molar-refractivity contribution in [2.45, 2.75) is 19.9 Å². The first-order valence-corrected chi connectivity index (χ1v) is 6.33. The van der Waals surface area contributed by atoms with E-state index in [1.165, 1.54) is 0 Å². The molecule has 0 amide bonds. The molecule has 6 heteroatoms. The van der Waals surface area contributed by atoms with Gasteiger partial charge in [0, 0.05) is 12.7 Å². The summed E-state index contributed by atoms with van der Waals surface area (Å²) < 4.78 is 0. The van der Waals surface area contributed by atoms with E-state index >= 15 is 0 Å². The molecule has 0 fully saturated rings. The predicted octanol–water partition coefficient (Wildman–Crippen LogP) is 1.89. The molecule has 18 heavy (non-hydrogen) atoms. The second-order valence-corrected chi connectivity index (χ2v) is 4.38. The number of pyridine rings is 1. The lowest BCUT2D eigenvalue weighted by Gasteiger charge is -2.21. The Balaban J connectivity index is 1.90. The molecule has 0 bridgehead atoms. The van der Waals surface area contributed by atoms with E-state index < -0.39 is 0 Å². The molecule has 0 saturated carbocycles. The maximum Gasteiger partial charge on any atom is 0.221 e.